The minimum atomic E-state index is -0.888. The zero-order valence-corrected chi connectivity index (χ0v) is 9.32. The summed E-state index contributed by atoms with van der Waals surface area (Å²) in [7, 11) is 0. The number of aromatic carboxylic acids is 1. The first-order valence-corrected chi connectivity index (χ1v) is 5.28. The molecular weight excluding hydrogens is 204 g/mol. The number of rotatable bonds is 3. The minimum Gasteiger partial charge on any atom is -0.478 e. The highest BCUT2D eigenvalue weighted by molar-refractivity contribution is 5.95. The van der Waals surface area contributed by atoms with Crippen LogP contribution < -0.4 is 0 Å². The molecule has 1 aromatic heterocycles. The Morgan fingerprint density at radius 3 is 2.88 bits per heavy atom. The second-order valence-electron chi connectivity index (χ2n) is 4.29. The van der Waals surface area contributed by atoms with Crippen molar-refractivity contribution in [2.75, 3.05) is 0 Å². The van der Waals surface area contributed by atoms with Crippen LogP contribution in [0.3, 0.4) is 0 Å². The van der Waals surface area contributed by atoms with E-state index in [1.54, 1.807) is 18.5 Å². The van der Waals surface area contributed by atoms with E-state index in [1.807, 2.05) is 0 Å². The molecule has 2 aromatic rings. The molecule has 1 aromatic carbocycles. The van der Waals surface area contributed by atoms with Crippen LogP contribution in [0.15, 0.2) is 18.5 Å². The third-order valence-electron chi connectivity index (χ3n) is 2.54. The van der Waals surface area contributed by atoms with Crippen molar-refractivity contribution in [3.63, 3.8) is 0 Å². The molecule has 0 fully saturated rings. The summed E-state index contributed by atoms with van der Waals surface area (Å²) in [5, 5.41) is 9.14. The van der Waals surface area contributed by atoms with E-state index in [0.717, 1.165) is 23.0 Å². The van der Waals surface area contributed by atoms with Crippen molar-refractivity contribution in [3.8, 4) is 0 Å². The van der Waals surface area contributed by atoms with Gasteiger partial charge >= 0.3 is 5.97 Å². The Kier molecular flexibility index (Phi) is 2.64. The number of hydrogen-bond donors (Lipinski definition) is 2. The second kappa shape index (κ2) is 3.96. The number of carboxylic acids is 1. The van der Waals surface area contributed by atoms with Crippen LogP contribution in [0.2, 0.25) is 0 Å². The van der Waals surface area contributed by atoms with Crippen LogP contribution in [0.4, 0.5) is 0 Å². The fraction of sp³-hybridized carbons (Fsp3) is 0.333. The van der Waals surface area contributed by atoms with Gasteiger partial charge in [0.1, 0.15) is 0 Å². The van der Waals surface area contributed by atoms with Gasteiger partial charge < -0.3 is 10.1 Å². The molecule has 4 nitrogen and oxygen atoms in total. The highest BCUT2D eigenvalue weighted by atomic mass is 16.4. The molecule has 0 saturated carbocycles. The van der Waals surface area contributed by atoms with Crippen molar-refractivity contribution in [2.45, 2.75) is 20.3 Å². The fourth-order valence-corrected chi connectivity index (χ4v) is 1.88. The predicted molar refractivity (Wildman–Crippen MR) is 61.6 cm³/mol. The lowest BCUT2D eigenvalue weighted by Crippen LogP contribution is -2.06. The van der Waals surface area contributed by atoms with Gasteiger partial charge in [0.05, 0.1) is 22.9 Å². The normalized spacial score (nSPS) is 11.2. The lowest BCUT2D eigenvalue weighted by molar-refractivity contribution is 0.0695. The van der Waals surface area contributed by atoms with Gasteiger partial charge in [-0.05, 0) is 30.0 Å². The van der Waals surface area contributed by atoms with Crippen LogP contribution in [-0.4, -0.2) is 21.0 Å². The van der Waals surface area contributed by atoms with E-state index in [2.05, 4.69) is 23.8 Å². The van der Waals surface area contributed by atoms with E-state index >= 15 is 0 Å². The summed E-state index contributed by atoms with van der Waals surface area (Å²) >= 11 is 0. The number of carboxylic acid groups (broad SMARTS) is 1. The van der Waals surface area contributed by atoms with Crippen LogP contribution in [0, 0.1) is 5.92 Å². The number of nitrogens with zero attached hydrogens (tertiary/aromatic N) is 1. The lowest BCUT2D eigenvalue weighted by atomic mass is 9.96. The van der Waals surface area contributed by atoms with Gasteiger partial charge in [-0.2, -0.15) is 0 Å². The van der Waals surface area contributed by atoms with Gasteiger partial charge in [-0.25, -0.2) is 9.78 Å². The Morgan fingerprint density at radius 1 is 1.50 bits per heavy atom. The molecule has 0 aliphatic rings. The van der Waals surface area contributed by atoms with Crippen LogP contribution >= 0.6 is 0 Å². The molecule has 0 aliphatic heterocycles. The molecule has 16 heavy (non-hydrogen) atoms. The summed E-state index contributed by atoms with van der Waals surface area (Å²) in [6.45, 7) is 4.13. The monoisotopic (exact) mass is 218 g/mol. The Morgan fingerprint density at radius 2 is 2.25 bits per heavy atom. The molecule has 0 unspecified atom stereocenters. The molecule has 1 heterocycles. The highest BCUT2D eigenvalue weighted by Gasteiger charge is 2.15. The highest BCUT2D eigenvalue weighted by Crippen LogP contribution is 2.22. The molecule has 2 rings (SSSR count). The van der Waals surface area contributed by atoms with Crippen LogP contribution in [-0.2, 0) is 6.42 Å². The summed E-state index contributed by atoms with van der Waals surface area (Å²) in [4.78, 5) is 18.3. The van der Waals surface area contributed by atoms with Gasteiger partial charge in [-0.15, -0.1) is 0 Å². The van der Waals surface area contributed by atoms with Crippen LogP contribution in [0.25, 0.3) is 11.0 Å². The number of hydrogen-bond acceptors (Lipinski definition) is 2. The van der Waals surface area contributed by atoms with E-state index < -0.39 is 5.97 Å². The number of nitrogens with one attached hydrogen (secondary N) is 1. The largest absolute Gasteiger partial charge is 0.478 e. The molecule has 2 N–H and O–H groups in total. The van der Waals surface area contributed by atoms with Gasteiger partial charge in [-0.1, -0.05) is 13.8 Å². The molecule has 0 saturated heterocycles. The van der Waals surface area contributed by atoms with Crippen molar-refractivity contribution in [1.29, 1.82) is 0 Å². The molecule has 0 bridgehead atoms. The van der Waals surface area contributed by atoms with E-state index in [4.69, 9.17) is 5.11 Å². The number of fused-ring (bicyclic) bond motifs is 1. The quantitative estimate of drug-likeness (QED) is 0.831. The molecule has 0 aliphatic carbocycles. The van der Waals surface area contributed by atoms with Crippen molar-refractivity contribution in [2.24, 2.45) is 5.92 Å². The average molecular weight is 218 g/mol. The first-order valence-electron chi connectivity index (χ1n) is 5.28. The standard InChI is InChI=1S/C12H14N2O2/c1-7(2)5-9-8(12(15)16)3-4-10-11(9)14-6-13-10/h3-4,6-7H,5H2,1-2H3,(H,13,14)(H,15,16). The Labute approximate surface area is 93.3 Å². The fourth-order valence-electron chi connectivity index (χ4n) is 1.88. The number of benzene rings is 1. The smallest absolute Gasteiger partial charge is 0.336 e. The third kappa shape index (κ3) is 1.78. The average Bonchev–Trinajstić information content (AvgIpc) is 2.64. The number of imidazole rings is 1. The Bertz CT molecular complexity index is 529. The molecular formula is C12H14N2O2. The maximum absolute atomic E-state index is 11.1. The predicted octanol–water partition coefficient (Wildman–Crippen LogP) is 2.46. The first-order chi connectivity index (χ1) is 7.59. The maximum atomic E-state index is 11.1. The molecule has 0 amide bonds. The summed E-state index contributed by atoms with van der Waals surface area (Å²) in [5.74, 6) is -0.485. The Balaban J connectivity index is 2.65. The molecule has 0 radical (unpaired) electrons. The number of aromatic nitrogens is 2. The van der Waals surface area contributed by atoms with E-state index in [9.17, 15) is 4.79 Å². The van der Waals surface area contributed by atoms with Crippen molar-refractivity contribution >= 4 is 17.0 Å². The lowest BCUT2D eigenvalue weighted by Gasteiger charge is -2.09. The van der Waals surface area contributed by atoms with E-state index in [0.29, 0.717) is 11.5 Å². The Hall–Kier alpha value is -1.84. The SMILES string of the molecule is CC(C)Cc1c(C(=O)O)ccc2[nH]cnc12. The summed E-state index contributed by atoms with van der Waals surface area (Å²) in [6, 6.07) is 3.40. The maximum Gasteiger partial charge on any atom is 0.336 e. The zero-order valence-electron chi connectivity index (χ0n) is 9.32. The van der Waals surface area contributed by atoms with Crippen molar-refractivity contribution in [3.05, 3.63) is 29.6 Å². The van der Waals surface area contributed by atoms with Crippen molar-refractivity contribution < 1.29 is 9.90 Å². The molecule has 84 valence electrons. The third-order valence-corrected chi connectivity index (χ3v) is 2.54. The summed E-state index contributed by atoms with van der Waals surface area (Å²) in [6.07, 6.45) is 2.32. The van der Waals surface area contributed by atoms with E-state index in [-0.39, 0.29) is 0 Å². The number of carbonyl (C=O) groups is 1. The van der Waals surface area contributed by atoms with Gasteiger partial charge in [0, 0.05) is 0 Å². The number of aromatic amines is 1. The summed E-state index contributed by atoms with van der Waals surface area (Å²) < 4.78 is 0. The minimum absolute atomic E-state index is 0.355. The first kappa shape index (κ1) is 10.7. The second-order valence-corrected chi connectivity index (χ2v) is 4.29. The van der Waals surface area contributed by atoms with Crippen LogP contribution in [0.5, 0.6) is 0 Å². The zero-order chi connectivity index (χ0) is 11.7. The molecule has 0 spiro atoms. The topological polar surface area (TPSA) is 66.0 Å². The number of H-pyrrole nitrogens is 1. The van der Waals surface area contributed by atoms with E-state index in [1.165, 1.54) is 0 Å². The van der Waals surface area contributed by atoms with Gasteiger partial charge in [-0.3, -0.25) is 0 Å². The van der Waals surface area contributed by atoms with Gasteiger partial charge in [0.15, 0.2) is 0 Å². The summed E-state index contributed by atoms with van der Waals surface area (Å²) in [5.41, 5.74) is 2.84. The molecule has 0 atom stereocenters. The molecule has 4 heteroatoms. The van der Waals surface area contributed by atoms with Gasteiger partial charge in [0.25, 0.3) is 0 Å². The van der Waals surface area contributed by atoms with Gasteiger partial charge in [0.2, 0.25) is 0 Å². The van der Waals surface area contributed by atoms with Crippen molar-refractivity contribution in [1.82, 2.24) is 9.97 Å². The van der Waals surface area contributed by atoms with Crippen LogP contribution in [0.1, 0.15) is 29.8 Å².